The van der Waals surface area contributed by atoms with Gasteiger partial charge in [0.25, 0.3) is 0 Å². The molecule has 0 amide bonds. The van der Waals surface area contributed by atoms with Crippen LogP contribution in [0.25, 0.3) is 0 Å². The second-order valence-corrected chi connectivity index (χ2v) is 4.12. The molecule has 5 nitrogen and oxygen atoms in total. The Balaban J connectivity index is 2.21. The third-order valence-corrected chi connectivity index (χ3v) is 2.89. The van der Waals surface area contributed by atoms with Crippen molar-refractivity contribution in [1.29, 1.82) is 0 Å². The first kappa shape index (κ1) is 13.4. The maximum Gasteiger partial charge on any atom is 0.207 e. The van der Waals surface area contributed by atoms with E-state index in [1.54, 1.807) is 6.20 Å². The zero-order valence-corrected chi connectivity index (χ0v) is 11.4. The number of hydrogen-bond donors (Lipinski definition) is 2. The highest BCUT2D eigenvalue weighted by Gasteiger charge is 2.06. The number of ether oxygens (including phenoxy) is 1. The highest BCUT2D eigenvalue weighted by atomic mass is 16.5. The summed E-state index contributed by atoms with van der Waals surface area (Å²) >= 11 is 0. The molecule has 2 rings (SSSR count). The predicted octanol–water partition coefficient (Wildman–Crippen LogP) is 2.50. The van der Waals surface area contributed by atoms with Gasteiger partial charge in [0.1, 0.15) is 5.75 Å². The molecule has 0 unspecified atom stereocenters. The predicted molar refractivity (Wildman–Crippen MR) is 76.7 cm³/mol. The van der Waals surface area contributed by atoms with Crippen LogP contribution < -0.4 is 15.8 Å². The molecule has 5 heteroatoms. The largest absolute Gasteiger partial charge is 0.494 e. The number of nitrogens with one attached hydrogen (secondary N) is 1. The zero-order chi connectivity index (χ0) is 13.7. The Morgan fingerprint density at radius 3 is 2.89 bits per heavy atom. The molecule has 0 atom stereocenters. The van der Waals surface area contributed by atoms with Gasteiger partial charge < -0.3 is 20.4 Å². The van der Waals surface area contributed by atoms with E-state index < -0.39 is 0 Å². The lowest BCUT2D eigenvalue weighted by Crippen LogP contribution is -2.05. The summed E-state index contributed by atoms with van der Waals surface area (Å²) in [6.45, 7) is 6.01. The number of benzene rings is 1. The first-order chi connectivity index (χ1) is 9.28. The van der Waals surface area contributed by atoms with Crippen molar-refractivity contribution in [2.45, 2.75) is 26.9 Å². The van der Waals surface area contributed by atoms with Gasteiger partial charge in [-0.05, 0) is 32.0 Å². The van der Waals surface area contributed by atoms with E-state index >= 15 is 0 Å². The summed E-state index contributed by atoms with van der Waals surface area (Å²) in [6, 6.07) is 5.91. The van der Waals surface area contributed by atoms with Gasteiger partial charge in [0.2, 0.25) is 5.95 Å². The average molecular weight is 260 g/mol. The summed E-state index contributed by atoms with van der Waals surface area (Å²) in [5.41, 5.74) is 7.70. The third kappa shape index (κ3) is 3.06. The summed E-state index contributed by atoms with van der Waals surface area (Å²) in [7, 11) is 0. The Labute approximate surface area is 113 Å². The molecule has 0 saturated heterocycles. The molecule has 102 valence electrons. The standard InChI is InChI=1S/C14H20N4O/c1-3-18-8-7-16-14(18)17-12-5-6-13(19-4-2)11(9-12)10-15/h5-9H,3-4,10,15H2,1-2H3,(H,16,17). The summed E-state index contributed by atoms with van der Waals surface area (Å²) in [4.78, 5) is 4.29. The summed E-state index contributed by atoms with van der Waals surface area (Å²) in [5, 5.41) is 3.29. The number of nitrogens with zero attached hydrogens (tertiary/aromatic N) is 2. The lowest BCUT2D eigenvalue weighted by molar-refractivity contribution is 0.336. The average Bonchev–Trinajstić information content (AvgIpc) is 2.88. The second-order valence-electron chi connectivity index (χ2n) is 4.12. The van der Waals surface area contributed by atoms with Crippen LogP contribution >= 0.6 is 0 Å². The van der Waals surface area contributed by atoms with Crippen molar-refractivity contribution >= 4 is 11.6 Å². The summed E-state index contributed by atoms with van der Waals surface area (Å²) in [6.07, 6.45) is 3.73. The van der Waals surface area contributed by atoms with Gasteiger partial charge in [-0.25, -0.2) is 4.98 Å². The summed E-state index contributed by atoms with van der Waals surface area (Å²) < 4.78 is 7.57. The maximum atomic E-state index is 5.75. The van der Waals surface area contributed by atoms with Crippen LogP contribution in [0.2, 0.25) is 0 Å². The highest BCUT2D eigenvalue weighted by Crippen LogP contribution is 2.24. The molecule has 0 saturated carbocycles. The molecule has 0 bridgehead atoms. The SMILES string of the molecule is CCOc1ccc(Nc2nccn2CC)cc1CN. The van der Waals surface area contributed by atoms with Gasteiger partial charge in [0, 0.05) is 36.7 Å². The minimum absolute atomic E-state index is 0.451. The van der Waals surface area contributed by atoms with E-state index in [0.29, 0.717) is 13.2 Å². The van der Waals surface area contributed by atoms with Gasteiger partial charge in [-0.2, -0.15) is 0 Å². The number of anilines is 2. The number of nitrogens with two attached hydrogens (primary N) is 1. The molecular formula is C14H20N4O. The molecule has 19 heavy (non-hydrogen) atoms. The molecule has 1 heterocycles. The number of imidazole rings is 1. The smallest absolute Gasteiger partial charge is 0.207 e. The van der Waals surface area contributed by atoms with Crippen LogP contribution in [-0.4, -0.2) is 16.2 Å². The molecule has 0 spiro atoms. The Kier molecular flexibility index (Phi) is 4.41. The molecule has 0 aliphatic heterocycles. The fourth-order valence-electron chi connectivity index (χ4n) is 1.93. The van der Waals surface area contributed by atoms with Crippen molar-refractivity contribution in [3.63, 3.8) is 0 Å². The van der Waals surface area contributed by atoms with Crippen LogP contribution in [-0.2, 0) is 13.1 Å². The first-order valence-electron chi connectivity index (χ1n) is 6.52. The van der Waals surface area contributed by atoms with Gasteiger partial charge in [-0.1, -0.05) is 0 Å². The van der Waals surface area contributed by atoms with Crippen LogP contribution in [0, 0.1) is 0 Å². The van der Waals surface area contributed by atoms with Gasteiger partial charge in [-0.15, -0.1) is 0 Å². The van der Waals surface area contributed by atoms with Crippen molar-refractivity contribution < 1.29 is 4.74 Å². The Morgan fingerprint density at radius 1 is 1.37 bits per heavy atom. The molecule has 1 aromatic heterocycles. The van der Waals surface area contributed by atoms with E-state index in [1.807, 2.05) is 35.9 Å². The van der Waals surface area contributed by atoms with Gasteiger partial charge in [0.05, 0.1) is 6.61 Å². The minimum atomic E-state index is 0.451. The van der Waals surface area contributed by atoms with E-state index in [2.05, 4.69) is 17.2 Å². The van der Waals surface area contributed by atoms with Gasteiger partial charge >= 0.3 is 0 Å². The molecular weight excluding hydrogens is 240 g/mol. The Bertz CT molecular complexity index is 536. The zero-order valence-electron chi connectivity index (χ0n) is 11.4. The molecule has 0 aliphatic rings. The molecule has 1 aromatic carbocycles. The first-order valence-corrected chi connectivity index (χ1v) is 6.52. The van der Waals surface area contributed by atoms with E-state index in [-0.39, 0.29) is 0 Å². The number of aryl methyl sites for hydroxylation is 1. The van der Waals surface area contributed by atoms with Gasteiger partial charge in [0.15, 0.2) is 0 Å². The fraction of sp³-hybridized carbons (Fsp3) is 0.357. The van der Waals surface area contributed by atoms with Crippen LogP contribution in [0.3, 0.4) is 0 Å². The molecule has 0 radical (unpaired) electrons. The number of aromatic nitrogens is 2. The van der Waals surface area contributed by atoms with E-state index in [0.717, 1.165) is 29.5 Å². The van der Waals surface area contributed by atoms with Crippen LogP contribution in [0.15, 0.2) is 30.6 Å². The second kappa shape index (κ2) is 6.24. The van der Waals surface area contributed by atoms with Crippen molar-refractivity contribution in [2.75, 3.05) is 11.9 Å². The monoisotopic (exact) mass is 260 g/mol. The topological polar surface area (TPSA) is 65.1 Å². The molecule has 3 N–H and O–H groups in total. The lowest BCUT2D eigenvalue weighted by atomic mass is 10.2. The van der Waals surface area contributed by atoms with E-state index in [4.69, 9.17) is 10.5 Å². The minimum Gasteiger partial charge on any atom is -0.494 e. The molecule has 0 aliphatic carbocycles. The van der Waals surface area contributed by atoms with Crippen molar-refractivity contribution in [1.82, 2.24) is 9.55 Å². The van der Waals surface area contributed by atoms with Crippen molar-refractivity contribution in [3.05, 3.63) is 36.2 Å². The molecule has 2 aromatic rings. The normalized spacial score (nSPS) is 10.5. The Morgan fingerprint density at radius 2 is 2.21 bits per heavy atom. The van der Waals surface area contributed by atoms with E-state index in [9.17, 15) is 0 Å². The number of hydrogen-bond acceptors (Lipinski definition) is 4. The van der Waals surface area contributed by atoms with Gasteiger partial charge in [-0.3, -0.25) is 0 Å². The van der Waals surface area contributed by atoms with E-state index in [1.165, 1.54) is 0 Å². The Hall–Kier alpha value is -2.01. The molecule has 0 fully saturated rings. The quantitative estimate of drug-likeness (QED) is 0.837. The summed E-state index contributed by atoms with van der Waals surface area (Å²) in [5.74, 6) is 1.67. The van der Waals surface area contributed by atoms with Crippen LogP contribution in [0.4, 0.5) is 11.6 Å². The third-order valence-electron chi connectivity index (χ3n) is 2.89. The van der Waals surface area contributed by atoms with Crippen LogP contribution in [0.1, 0.15) is 19.4 Å². The lowest BCUT2D eigenvalue weighted by Gasteiger charge is -2.12. The number of rotatable bonds is 6. The van der Waals surface area contributed by atoms with Crippen LogP contribution in [0.5, 0.6) is 5.75 Å². The van der Waals surface area contributed by atoms with Crippen molar-refractivity contribution in [3.8, 4) is 5.75 Å². The highest BCUT2D eigenvalue weighted by molar-refractivity contribution is 5.57. The fourth-order valence-corrected chi connectivity index (χ4v) is 1.93. The maximum absolute atomic E-state index is 5.75. The van der Waals surface area contributed by atoms with Crippen molar-refractivity contribution in [2.24, 2.45) is 5.73 Å².